The topological polar surface area (TPSA) is 97.5 Å². The first-order chi connectivity index (χ1) is 15.0. The Balaban J connectivity index is 1.54. The molecule has 4 rings (SSSR count). The zero-order chi connectivity index (χ0) is 21.8. The zero-order valence-electron chi connectivity index (χ0n) is 17.7. The first-order valence-corrected chi connectivity index (χ1v) is 10.5. The van der Waals surface area contributed by atoms with E-state index in [-0.39, 0.29) is 12.8 Å². The average Bonchev–Trinajstić information content (AvgIpc) is 2.78. The molecule has 164 valence electrons. The number of fused-ring (bicyclic) bond motifs is 1. The van der Waals surface area contributed by atoms with Crippen molar-refractivity contribution in [1.29, 1.82) is 0 Å². The van der Waals surface area contributed by atoms with Crippen LogP contribution in [0.2, 0.25) is 0 Å². The van der Waals surface area contributed by atoms with Gasteiger partial charge in [0.05, 0.1) is 24.4 Å². The van der Waals surface area contributed by atoms with Crippen molar-refractivity contribution in [2.45, 2.75) is 45.4 Å². The molecule has 1 unspecified atom stereocenters. The largest absolute Gasteiger partial charge is 0.454 e. The van der Waals surface area contributed by atoms with Gasteiger partial charge >= 0.3 is 5.69 Å². The Labute approximate surface area is 179 Å². The first-order valence-electron chi connectivity index (χ1n) is 10.5. The Bertz CT molecular complexity index is 1180. The molecule has 0 bridgehead atoms. The lowest BCUT2D eigenvalue weighted by Crippen LogP contribution is -2.39. The highest BCUT2D eigenvalue weighted by molar-refractivity contribution is 5.75. The summed E-state index contributed by atoms with van der Waals surface area (Å²) >= 11 is 0. The monoisotopic (exact) mass is 426 g/mol. The summed E-state index contributed by atoms with van der Waals surface area (Å²) in [4.78, 5) is 34.1. The Hall–Kier alpha value is -3.04. The summed E-state index contributed by atoms with van der Waals surface area (Å²) in [5.41, 5.74) is 0.465. The van der Waals surface area contributed by atoms with Gasteiger partial charge in [-0.2, -0.15) is 0 Å². The van der Waals surface area contributed by atoms with Crippen LogP contribution in [0.4, 0.5) is 0 Å². The van der Waals surface area contributed by atoms with E-state index in [4.69, 9.17) is 14.2 Å². The second kappa shape index (κ2) is 9.40. The van der Waals surface area contributed by atoms with Gasteiger partial charge in [-0.1, -0.05) is 0 Å². The molecule has 3 aromatic heterocycles. The van der Waals surface area contributed by atoms with Crippen molar-refractivity contribution in [1.82, 2.24) is 19.1 Å². The molecular weight excluding hydrogens is 400 g/mol. The van der Waals surface area contributed by atoms with Gasteiger partial charge in [0.1, 0.15) is 17.1 Å². The van der Waals surface area contributed by atoms with Gasteiger partial charge in [-0.05, 0) is 50.3 Å². The minimum absolute atomic E-state index is 0.190. The molecular formula is C22H26N4O5. The second-order valence-corrected chi connectivity index (χ2v) is 7.66. The molecule has 3 aromatic rings. The zero-order valence-corrected chi connectivity index (χ0v) is 17.7. The third kappa shape index (κ3) is 4.83. The minimum atomic E-state index is -0.407. The molecule has 0 aliphatic carbocycles. The maximum absolute atomic E-state index is 13.0. The summed E-state index contributed by atoms with van der Waals surface area (Å²) in [5.74, 6) is 0.952. The van der Waals surface area contributed by atoms with Crippen molar-refractivity contribution in [3.05, 3.63) is 57.1 Å². The summed E-state index contributed by atoms with van der Waals surface area (Å²) in [7, 11) is 1.60. The number of aryl methyl sites for hydroxylation is 2. The molecule has 0 amide bonds. The quantitative estimate of drug-likeness (QED) is 0.536. The van der Waals surface area contributed by atoms with Crippen molar-refractivity contribution < 1.29 is 14.2 Å². The van der Waals surface area contributed by atoms with Crippen molar-refractivity contribution in [2.75, 3.05) is 13.2 Å². The number of nitrogens with zero attached hydrogens (tertiary/aromatic N) is 4. The van der Waals surface area contributed by atoms with Crippen molar-refractivity contribution in [3.8, 4) is 11.5 Å². The molecule has 0 spiro atoms. The number of pyridine rings is 2. The number of rotatable bonds is 7. The fraction of sp³-hybridized carbons (Fsp3) is 0.455. The predicted molar refractivity (Wildman–Crippen MR) is 114 cm³/mol. The average molecular weight is 426 g/mol. The maximum Gasteiger partial charge on any atom is 0.332 e. The molecule has 1 aliphatic heterocycles. The number of ether oxygens (including phenoxy) is 3. The summed E-state index contributed by atoms with van der Waals surface area (Å²) in [6, 6.07) is 3.45. The number of hydrogen-bond donors (Lipinski definition) is 0. The fourth-order valence-corrected chi connectivity index (χ4v) is 3.62. The highest BCUT2D eigenvalue weighted by atomic mass is 16.7. The summed E-state index contributed by atoms with van der Waals surface area (Å²) < 4.78 is 19.6. The van der Waals surface area contributed by atoms with E-state index in [9.17, 15) is 9.59 Å². The summed E-state index contributed by atoms with van der Waals surface area (Å²) in [6.07, 6.45) is 8.17. The van der Waals surface area contributed by atoms with E-state index in [1.165, 1.54) is 15.3 Å². The summed E-state index contributed by atoms with van der Waals surface area (Å²) in [5, 5.41) is 0.316. The summed E-state index contributed by atoms with van der Waals surface area (Å²) in [6.45, 7) is 3.30. The van der Waals surface area contributed by atoms with Crippen LogP contribution in [0.1, 0.15) is 31.2 Å². The van der Waals surface area contributed by atoms with Gasteiger partial charge in [0, 0.05) is 26.4 Å². The molecule has 1 saturated heterocycles. The molecule has 1 aliphatic rings. The first kappa shape index (κ1) is 21.2. The molecule has 0 aromatic carbocycles. The smallest absolute Gasteiger partial charge is 0.332 e. The third-order valence-corrected chi connectivity index (χ3v) is 5.21. The van der Waals surface area contributed by atoms with Crippen molar-refractivity contribution in [2.24, 2.45) is 7.05 Å². The van der Waals surface area contributed by atoms with Gasteiger partial charge in [0.15, 0.2) is 6.29 Å². The van der Waals surface area contributed by atoms with Crippen LogP contribution in [-0.4, -0.2) is 38.6 Å². The van der Waals surface area contributed by atoms with Crippen LogP contribution >= 0.6 is 0 Å². The molecule has 0 radical (unpaired) electrons. The molecule has 0 N–H and O–H groups in total. The second-order valence-electron chi connectivity index (χ2n) is 7.66. The predicted octanol–water partition coefficient (Wildman–Crippen LogP) is 2.52. The Morgan fingerprint density at radius 3 is 2.77 bits per heavy atom. The maximum atomic E-state index is 13.0. The van der Waals surface area contributed by atoms with Crippen LogP contribution in [-0.2, 0) is 23.1 Å². The lowest BCUT2D eigenvalue weighted by Gasteiger charge is -2.22. The lowest BCUT2D eigenvalue weighted by molar-refractivity contribution is -0.163. The van der Waals surface area contributed by atoms with Gasteiger partial charge < -0.3 is 14.2 Å². The molecule has 9 nitrogen and oxygen atoms in total. The molecule has 4 heterocycles. The van der Waals surface area contributed by atoms with Gasteiger partial charge in [0.25, 0.3) is 5.56 Å². The Morgan fingerprint density at radius 2 is 2.00 bits per heavy atom. The number of aromatic nitrogens is 4. The third-order valence-electron chi connectivity index (χ3n) is 5.21. The molecule has 9 heteroatoms. The van der Waals surface area contributed by atoms with E-state index in [1.807, 2.05) is 13.0 Å². The standard InChI is InChI=1S/C22H26N4O5/c1-15-10-16(13-23-12-15)31-17-11-18-20(24-14-17)25(2)22(28)26(21(18)27)7-5-9-30-19-6-3-4-8-29-19/h10-14,19H,3-9H2,1-2H3. The van der Waals surface area contributed by atoms with Gasteiger partial charge in [-0.15, -0.1) is 0 Å². The van der Waals surface area contributed by atoms with Crippen LogP contribution in [0.15, 0.2) is 40.3 Å². The van der Waals surface area contributed by atoms with E-state index in [2.05, 4.69) is 9.97 Å². The Morgan fingerprint density at radius 1 is 1.16 bits per heavy atom. The van der Waals surface area contributed by atoms with Crippen molar-refractivity contribution in [3.63, 3.8) is 0 Å². The number of hydrogen-bond acceptors (Lipinski definition) is 7. The van der Waals surface area contributed by atoms with Crippen LogP contribution in [0.5, 0.6) is 11.5 Å². The van der Waals surface area contributed by atoms with E-state index in [0.29, 0.717) is 42.2 Å². The van der Waals surface area contributed by atoms with E-state index < -0.39 is 11.2 Å². The fourth-order valence-electron chi connectivity index (χ4n) is 3.62. The van der Waals surface area contributed by atoms with E-state index in [1.54, 1.807) is 25.5 Å². The molecule has 0 saturated carbocycles. The lowest BCUT2D eigenvalue weighted by atomic mass is 10.2. The van der Waals surface area contributed by atoms with Gasteiger partial charge in [0.2, 0.25) is 0 Å². The van der Waals surface area contributed by atoms with E-state index >= 15 is 0 Å². The molecule has 1 atom stereocenters. The minimum Gasteiger partial charge on any atom is -0.454 e. The van der Waals surface area contributed by atoms with Crippen LogP contribution in [0.25, 0.3) is 11.0 Å². The van der Waals surface area contributed by atoms with Crippen LogP contribution < -0.4 is 16.0 Å². The van der Waals surface area contributed by atoms with Gasteiger partial charge in [-0.3, -0.25) is 18.9 Å². The van der Waals surface area contributed by atoms with E-state index in [0.717, 1.165) is 24.8 Å². The van der Waals surface area contributed by atoms with Gasteiger partial charge in [-0.25, -0.2) is 9.78 Å². The van der Waals surface area contributed by atoms with Crippen LogP contribution in [0.3, 0.4) is 0 Å². The highest BCUT2D eigenvalue weighted by Crippen LogP contribution is 2.22. The normalized spacial score (nSPS) is 16.5. The highest BCUT2D eigenvalue weighted by Gasteiger charge is 2.15. The van der Waals surface area contributed by atoms with Crippen molar-refractivity contribution >= 4 is 11.0 Å². The Kier molecular flexibility index (Phi) is 6.43. The van der Waals surface area contributed by atoms with Crippen LogP contribution in [0, 0.1) is 6.92 Å². The SMILES string of the molecule is Cc1cncc(Oc2cnc3c(c2)c(=O)n(CCCOC2CCCCO2)c(=O)n3C)c1. The molecule has 31 heavy (non-hydrogen) atoms. The molecule has 1 fully saturated rings.